The second kappa shape index (κ2) is 3.41. The fourth-order valence-corrected chi connectivity index (χ4v) is 1.34. The van der Waals surface area contributed by atoms with Crippen LogP contribution in [-0.2, 0) is 0 Å². The van der Waals surface area contributed by atoms with Gasteiger partial charge in [0.25, 0.3) is 0 Å². The molecule has 0 unspecified atom stereocenters. The Hall–Kier alpha value is -1.61. The lowest BCUT2D eigenvalue weighted by Crippen LogP contribution is -2.24. The van der Waals surface area contributed by atoms with E-state index in [9.17, 15) is 0 Å². The zero-order chi connectivity index (χ0) is 9.10. The Kier molecular flexibility index (Phi) is 2.10. The molecule has 3 nitrogen and oxygen atoms in total. The molecule has 0 spiro atoms. The Morgan fingerprint density at radius 2 is 2.15 bits per heavy atom. The van der Waals surface area contributed by atoms with Crippen LogP contribution < -0.4 is 10.6 Å². The van der Waals surface area contributed by atoms with Gasteiger partial charge < -0.3 is 10.6 Å². The summed E-state index contributed by atoms with van der Waals surface area (Å²) in [4.78, 5) is 6.07. The second-order valence-corrected chi connectivity index (χ2v) is 2.79. The van der Waals surface area contributed by atoms with E-state index in [0.717, 1.165) is 11.3 Å². The molecule has 1 aromatic rings. The quantitative estimate of drug-likeness (QED) is 0.695. The Morgan fingerprint density at radius 3 is 3.00 bits per heavy atom. The van der Waals surface area contributed by atoms with Gasteiger partial charge in [-0.2, -0.15) is 0 Å². The summed E-state index contributed by atoms with van der Waals surface area (Å²) < 4.78 is 0. The van der Waals surface area contributed by atoms with E-state index in [4.69, 9.17) is 5.73 Å². The molecule has 1 aromatic carbocycles. The van der Waals surface area contributed by atoms with Crippen LogP contribution in [0.5, 0.6) is 0 Å². The third-order valence-corrected chi connectivity index (χ3v) is 1.99. The molecule has 2 rings (SSSR count). The standard InChI is InChI=1S/C10H11N3/c11-8-13-6-5-12-7-9-3-1-2-4-10(9)13/h1-7H,8,11H2. The lowest BCUT2D eigenvalue weighted by Gasteiger charge is -2.18. The van der Waals surface area contributed by atoms with Crippen LogP contribution in [0.2, 0.25) is 0 Å². The summed E-state index contributed by atoms with van der Waals surface area (Å²) in [7, 11) is 0. The molecule has 0 saturated carbocycles. The molecule has 66 valence electrons. The maximum Gasteiger partial charge on any atom is 0.0701 e. The largest absolute Gasteiger partial charge is 0.333 e. The Morgan fingerprint density at radius 1 is 1.31 bits per heavy atom. The average molecular weight is 173 g/mol. The van der Waals surface area contributed by atoms with Gasteiger partial charge in [-0.05, 0) is 6.07 Å². The molecule has 0 saturated heterocycles. The first-order valence-electron chi connectivity index (χ1n) is 4.17. The van der Waals surface area contributed by atoms with E-state index in [1.165, 1.54) is 0 Å². The van der Waals surface area contributed by atoms with Gasteiger partial charge in [-0.15, -0.1) is 0 Å². The van der Waals surface area contributed by atoms with Crippen molar-refractivity contribution in [2.24, 2.45) is 10.7 Å². The average Bonchev–Trinajstić information content (AvgIpc) is 2.39. The normalized spacial score (nSPS) is 14.1. The van der Waals surface area contributed by atoms with E-state index in [1.807, 2.05) is 41.6 Å². The number of nitrogens with two attached hydrogens (primary N) is 1. The van der Waals surface area contributed by atoms with Crippen molar-refractivity contribution >= 4 is 11.9 Å². The van der Waals surface area contributed by atoms with Gasteiger partial charge in [0.1, 0.15) is 0 Å². The number of rotatable bonds is 1. The van der Waals surface area contributed by atoms with Crippen molar-refractivity contribution in [3.8, 4) is 0 Å². The van der Waals surface area contributed by atoms with Crippen LogP contribution in [0.4, 0.5) is 5.69 Å². The molecule has 0 aliphatic carbocycles. The van der Waals surface area contributed by atoms with Crippen molar-refractivity contribution in [1.29, 1.82) is 0 Å². The molecule has 3 heteroatoms. The SMILES string of the molecule is NCN1C=CN=Cc2ccccc21. The fourth-order valence-electron chi connectivity index (χ4n) is 1.34. The summed E-state index contributed by atoms with van der Waals surface area (Å²) >= 11 is 0. The molecule has 1 aliphatic heterocycles. The zero-order valence-electron chi connectivity index (χ0n) is 7.22. The molecular formula is C10H11N3. The molecule has 2 N–H and O–H groups in total. The van der Waals surface area contributed by atoms with Gasteiger partial charge in [-0.25, -0.2) is 0 Å². The van der Waals surface area contributed by atoms with Crippen LogP contribution in [0.1, 0.15) is 5.56 Å². The Labute approximate surface area is 77.2 Å². The topological polar surface area (TPSA) is 41.6 Å². The highest BCUT2D eigenvalue weighted by Gasteiger charge is 2.06. The summed E-state index contributed by atoms with van der Waals surface area (Å²) in [5.41, 5.74) is 7.80. The van der Waals surface area contributed by atoms with Crippen LogP contribution in [0.25, 0.3) is 0 Å². The third kappa shape index (κ3) is 1.46. The number of nitrogens with zero attached hydrogens (tertiary/aromatic N) is 2. The maximum atomic E-state index is 5.61. The van der Waals surface area contributed by atoms with Crippen molar-refractivity contribution in [2.45, 2.75) is 0 Å². The summed E-state index contributed by atoms with van der Waals surface area (Å²) in [6.07, 6.45) is 5.46. The molecule has 0 radical (unpaired) electrons. The van der Waals surface area contributed by atoms with Crippen LogP contribution in [0.15, 0.2) is 41.7 Å². The number of aliphatic imine (C=N–C) groups is 1. The minimum absolute atomic E-state index is 0.469. The molecule has 0 amide bonds. The van der Waals surface area contributed by atoms with Gasteiger partial charge in [-0.3, -0.25) is 4.99 Å². The first kappa shape index (κ1) is 8.01. The molecule has 0 bridgehead atoms. The maximum absolute atomic E-state index is 5.61. The van der Waals surface area contributed by atoms with Crippen LogP contribution in [-0.4, -0.2) is 12.9 Å². The predicted molar refractivity (Wildman–Crippen MR) is 54.7 cm³/mol. The number of anilines is 1. The molecule has 0 fully saturated rings. The van der Waals surface area contributed by atoms with E-state index in [2.05, 4.69) is 4.99 Å². The van der Waals surface area contributed by atoms with Gasteiger partial charge in [0.15, 0.2) is 0 Å². The smallest absolute Gasteiger partial charge is 0.0701 e. The number of fused-ring (bicyclic) bond motifs is 1. The monoisotopic (exact) mass is 173 g/mol. The lowest BCUT2D eigenvalue weighted by molar-refractivity contribution is 0.974. The Balaban J connectivity index is 2.50. The van der Waals surface area contributed by atoms with Crippen molar-refractivity contribution < 1.29 is 0 Å². The highest BCUT2D eigenvalue weighted by molar-refractivity contribution is 5.89. The van der Waals surface area contributed by atoms with Gasteiger partial charge in [0, 0.05) is 24.2 Å². The number of benzene rings is 1. The van der Waals surface area contributed by atoms with Crippen molar-refractivity contribution in [1.82, 2.24) is 0 Å². The summed E-state index contributed by atoms with van der Waals surface area (Å²) in [5, 5.41) is 0. The fraction of sp³-hybridized carbons (Fsp3) is 0.100. The minimum atomic E-state index is 0.469. The highest BCUT2D eigenvalue weighted by atomic mass is 15.2. The van der Waals surface area contributed by atoms with E-state index < -0.39 is 0 Å². The first-order chi connectivity index (χ1) is 6.42. The van der Waals surface area contributed by atoms with Crippen LogP contribution >= 0.6 is 0 Å². The van der Waals surface area contributed by atoms with Gasteiger partial charge in [-0.1, -0.05) is 18.2 Å². The predicted octanol–water partition coefficient (Wildman–Crippen LogP) is 1.31. The molecule has 1 aliphatic rings. The van der Waals surface area contributed by atoms with E-state index in [0.29, 0.717) is 6.67 Å². The Bertz CT molecular complexity index is 355. The highest BCUT2D eigenvalue weighted by Crippen LogP contribution is 2.19. The summed E-state index contributed by atoms with van der Waals surface area (Å²) in [6, 6.07) is 8.04. The first-order valence-corrected chi connectivity index (χ1v) is 4.17. The van der Waals surface area contributed by atoms with Crippen molar-refractivity contribution in [3.05, 3.63) is 42.2 Å². The van der Waals surface area contributed by atoms with Gasteiger partial charge >= 0.3 is 0 Å². The molecule has 0 aromatic heterocycles. The lowest BCUT2D eigenvalue weighted by atomic mass is 10.2. The molecule has 0 atom stereocenters. The van der Waals surface area contributed by atoms with Crippen LogP contribution in [0.3, 0.4) is 0 Å². The minimum Gasteiger partial charge on any atom is -0.333 e. The number of para-hydroxylation sites is 1. The summed E-state index contributed by atoms with van der Waals surface area (Å²) in [5.74, 6) is 0. The van der Waals surface area contributed by atoms with Gasteiger partial charge in [0.05, 0.1) is 12.4 Å². The van der Waals surface area contributed by atoms with E-state index in [1.54, 1.807) is 6.20 Å². The zero-order valence-corrected chi connectivity index (χ0v) is 7.22. The molecular weight excluding hydrogens is 162 g/mol. The summed E-state index contributed by atoms with van der Waals surface area (Å²) in [6.45, 7) is 0.469. The van der Waals surface area contributed by atoms with Crippen LogP contribution in [0, 0.1) is 0 Å². The molecule has 13 heavy (non-hydrogen) atoms. The van der Waals surface area contributed by atoms with E-state index in [-0.39, 0.29) is 0 Å². The van der Waals surface area contributed by atoms with Crippen molar-refractivity contribution in [3.63, 3.8) is 0 Å². The van der Waals surface area contributed by atoms with Gasteiger partial charge in [0.2, 0.25) is 0 Å². The second-order valence-electron chi connectivity index (χ2n) is 2.79. The third-order valence-electron chi connectivity index (χ3n) is 1.99. The van der Waals surface area contributed by atoms with E-state index >= 15 is 0 Å². The molecule has 1 heterocycles. The van der Waals surface area contributed by atoms with Crippen molar-refractivity contribution in [2.75, 3.05) is 11.6 Å². The number of hydrogen-bond donors (Lipinski definition) is 1. The number of hydrogen-bond acceptors (Lipinski definition) is 3.